The molecule has 5 N–H and O–H groups in total. The fourth-order valence-electron chi connectivity index (χ4n) is 11.8. The van der Waals surface area contributed by atoms with E-state index in [4.69, 9.17) is 22.3 Å². The minimum atomic E-state index is -0.143. The van der Waals surface area contributed by atoms with Crippen molar-refractivity contribution in [3.05, 3.63) is 258 Å². The van der Waals surface area contributed by atoms with Crippen LogP contribution >= 0.6 is 46.9 Å². The van der Waals surface area contributed by atoms with E-state index in [2.05, 4.69) is 151 Å². The van der Waals surface area contributed by atoms with Crippen LogP contribution in [0.15, 0.2) is 178 Å². The van der Waals surface area contributed by atoms with Crippen LogP contribution in [0.4, 0.5) is 17.2 Å². The molecule has 15 aromatic rings. The number of rotatable bonds is 4. The molecule has 0 fully saturated rings. The number of hydrogen-bond acceptors (Lipinski definition) is 15. The Kier molecular flexibility index (Phi) is 42.9. The van der Waals surface area contributed by atoms with E-state index in [-0.39, 0.29) is 15.9 Å². The number of halogens is 3. The minimum absolute atomic E-state index is 0.143. The van der Waals surface area contributed by atoms with Gasteiger partial charge in [-0.2, -0.15) is 0 Å². The first-order valence-electron chi connectivity index (χ1n) is 37.4. The van der Waals surface area contributed by atoms with E-state index in [0.717, 1.165) is 159 Å². The quantitative estimate of drug-likeness (QED) is 0.0730. The number of aryl methyl sites for hydroxylation is 11. The number of hydrogen-bond donors (Lipinski definition) is 4. The maximum atomic E-state index is 6.18. The van der Waals surface area contributed by atoms with Crippen LogP contribution in [0.2, 0.25) is 5.15 Å². The molecular weight excluding hydrogens is 1820 g/mol. The fourth-order valence-corrected chi connectivity index (χ4v) is 12.1. The van der Waals surface area contributed by atoms with Gasteiger partial charge in [0.25, 0.3) is 0 Å². The second kappa shape index (κ2) is 49.4. The summed E-state index contributed by atoms with van der Waals surface area (Å²) in [5, 5.41) is 9.33. The summed E-state index contributed by atoms with van der Waals surface area (Å²) in [6.45, 7) is 50.0. The Morgan fingerprint density at radius 3 is 1.30 bits per heavy atom. The van der Waals surface area contributed by atoms with Gasteiger partial charge in [-0.05, 0) is 165 Å². The molecule has 0 saturated carbocycles. The summed E-state index contributed by atoms with van der Waals surface area (Å²) in [6, 6.07) is 40.3. The average molecular weight is 1940 g/mol. The summed E-state index contributed by atoms with van der Waals surface area (Å²) < 4.78 is 14.2. The number of nitrogens with one attached hydrogen (secondary N) is 3. The number of nitrogens with zero attached hydrogens (tertiary/aromatic N) is 18. The van der Waals surface area contributed by atoms with Gasteiger partial charge in [0.1, 0.15) is 58.6 Å². The molecule has 0 radical (unpaired) electrons. The zero-order valence-electron chi connectivity index (χ0n) is 70.5. The van der Waals surface area contributed by atoms with Gasteiger partial charge in [0.15, 0.2) is 11.0 Å². The molecule has 10 aromatic heterocycles. The van der Waals surface area contributed by atoms with Gasteiger partial charge in [0.2, 0.25) is 0 Å². The van der Waals surface area contributed by atoms with Gasteiger partial charge in [0, 0.05) is 45.1 Å². The van der Waals surface area contributed by atoms with Crippen molar-refractivity contribution >= 4 is 119 Å². The molecule has 1 aliphatic heterocycles. The van der Waals surface area contributed by atoms with Crippen molar-refractivity contribution in [2.75, 3.05) is 58.2 Å². The molecule has 1 aliphatic rings. The molecule has 111 heavy (non-hydrogen) atoms. The van der Waals surface area contributed by atoms with Crippen LogP contribution in [0.3, 0.4) is 0 Å². The van der Waals surface area contributed by atoms with Crippen LogP contribution in [0.1, 0.15) is 138 Å². The first-order chi connectivity index (χ1) is 53.4. The monoisotopic (exact) mass is 1940 g/mol. The molecule has 0 spiro atoms. The summed E-state index contributed by atoms with van der Waals surface area (Å²) in [5.41, 5.74) is 27.2. The van der Waals surface area contributed by atoms with E-state index >= 15 is 0 Å². The average Bonchev–Trinajstić information content (AvgIpc) is 1.66. The van der Waals surface area contributed by atoms with E-state index < -0.39 is 0 Å². The molecule has 0 amide bonds. The molecule has 0 saturated heterocycles. The van der Waals surface area contributed by atoms with Gasteiger partial charge in [-0.25, -0.2) is 49.8 Å². The summed E-state index contributed by atoms with van der Waals surface area (Å²) in [7, 11) is 11.5. The second-order valence-electron chi connectivity index (χ2n) is 23.5. The Hall–Kier alpha value is -8.93. The fraction of sp³-hybridized carbons (Fsp3) is 0.318. The third kappa shape index (κ3) is 24.8. The normalized spacial score (nSPS) is 10.1. The van der Waals surface area contributed by atoms with Crippen molar-refractivity contribution in [3.63, 3.8) is 0 Å². The summed E-state index contributed by atoms with van der Waals surface area (Å²) in [4.78, 5) is 46.0. The van der Waals surface area contributed by atoms with Crippen molar-refractivity contribution < 1.29 is 15.9 Å². The van der Waals surface area contributed by atoms with E-state index in [1.54, 1.807) is 25.0 Å². The molecular formula is C85H117ClHgI2N22. The maximum absolute atomic E-state index is 6.18. The molecule has 0 unspecified atom stereocenters. The number of imidazole rings is 7. The molecule has 0 bridgehead atoms. The molecule has 26 heteroatoms. The van der Waals surface area contributed by atoms with Gasteiger partial charge in [0.05, 0.1) is 107 Å². The summed E-state index contributed by atoms with van der Waals surface area (Å²) >= 11 is 11.0. The zero-order chi connectivity index (χ0) is 83.4. The first kappa shape index (κ1) is 96.3. The van der Waals surface area contributed by atoms with Gasteiger partial charge in [-0.3, -0.25) is 26.9 Å². The van der Waals surface area contributed by atoms with Crippen molar-refractivity contribution in [1.29, 1.82) is 0 Å². The number of nitrogen functional groups attached to an aromatic ring is 1. The van der Waals surface area contributed by atoms with Crippen molar-refractivity contribution in [2.45, 2.75) is 145 Å². The molecule has 16 rings (SSSR count). The van der Waals surface area contributed by atoms with Crippen LogP contribution in [0.25, 0.3) is 66.7 Å². The Morgan fingerprint density at radius 2 is 0.856 bits per heavy atom. The molecule has 0 atom stereocenters. The Bertz CT molecular complexity index is 5130. The van der Waals surface area contributed by atoms with Crippen molar-refractivity contribution in [1.82, 2.24) is 91.9 Å². The molecule has 590 valence electrons. The predicted molar refractivity (Wildman–Crippen MR) is 486 cm³/mol. The van der Waals surface area contributed by atoms with Gasteiger partial charge < -0.3 is 31.2 Å². The number of anilines is 3. The van der Waals surface area contributed by atoms with Crippen LogP contribution < -0.4 is 26.6 Å². The number of aromatic nitrogens is 17. The van der Waals surface area contributed by atoms with Gasteiger partial charge >= 0.3 is 51.2 Å². The van der Waals surface area contributed by atoms with Crippen LogP contribution in [0.5, 0.6) is 0 Å². The standard InChI is InChI=1S/C14H16N4.2C13H13N3.C12H10ClN3.C11H13N3.C8H8N4.2C2H7N.5C2H6.Hg.2HI/c1-9-13-14(17(3)4)16-11-7-5-6-8-12(11)18(13)10(2)15-9;2*1-8-13-9(2)15-11-6-4-5-7-12(11)16(13)10(3)14-8;1-7-11-12(13)15-9-5-3-4-6-10(9)16(11)8(2)14-7;1-8-7-14(9(2)13-8)11-6-4-3-5-10(11)12;1-8(11-4-2-9-6-11)12-5-3-10-7-12;2*1-3-2;5*1-2;;;/h5-8H,1-4H3;4-7H,1-3H3;4-7,15H,2H2,1,3H3;3-6H,1-2H3;3-7H,12H2,1-2H3;2-7H,1H2;2*3H,1-2H3;5*1-2H3;;2*1H/q;;;;;;;;;;;;;+2;;/p-2. The molecule has 0 aliphatic carbocycles. The second-order valence-corrected chi connectivity index (χ2v) is 63.7. The van der Waals surface area contributed by atoms with Crippen molar-refractivity contribution in [2.24, 2.45) is 0 Å². The van der Waals surface area contributed by atoms with Crippen LogP contribution in [0, 0.1) is 82.0 Å². The van der Waals surface area contributed by atoms with E-state index in [1.807, 2.05) is 322 Å². The number of fused-ring (bicyclic) bond motifs is 12. The Morgan fingerprint density at radius 1 is 0.477 bits per heavy atom. The van der Waals surface area contributed by atoms with Crippen molar-refractivity contribution in [3.8, 4) is 11.4 Å². The van der Waals surface area contributed by atoms with E-state index in [9.17, 15) is 0 Å². The summed E-state index contributed by atoms with van der Waals surface area (Å²) in [6.07, 6.45) is 12.5. The van der Waals surface area contributed by atoms with E-state index in [1.165, 1.54) is 0 Å². The van der Waals surface area contributed by atoms with Crippen LogP contribution in [-0.2, 0) is 15.9 Å². The Balaban J connectivity index is 0.000000331. The number of para-hydroxylation sites is 10. The van der Waals surface area contributed by atoms with E-state index in [0.29, 0.717) is 5.15 Å². The molecule has 5 aromatic carbocycles. The zero-order valence-corrected chi connectivity index (χ0v) is 81.0. The molecule has 11 heterocycles. The number of benzene rings is 5. The number of nitrogens with two attached hydrogens (primary N) is 1. The SMILES string of the molecule is C=C(n1ccnc1)n1ccnc1.C=C1Nc2ccccc2-n2c(C)nc(C)c21.CC.CC.CC.CC.CC.CNC.CNC.Cc1cn(-c2ccccc2N)c(C)n1.Cc1nc(C)n2c1c(C)nc1ccccc12.Cc1nc(C)n2c1c(Cl)nc1ccccc12.Cc1nc(C)n2c1c(N(C)C)nc1ccccc12.[I][Hg][I]. The third-order valence-electron chi connectivity index (χ3n) is 15.7. The topological polar surface area (TPSA) is 227 Å². The third-order valence-corrected chi connectivity index (χ3v) is 15.9. The summed E-state index contributed by atoms with van der Waals surface area (Å²) in [5.74, 6) is 6.70. The van der Waals surface area contributed by atoms with Gasteiger partial charge in [-0.1, -0.05) is 155 Å². The first-order valence-corrected chi connectivity index (χ1v) is 68.7. The van der Waals surface area contributed by atoms with Gasteiger partial charge in [-0.15, -0.1) is 0 Å². The predicted octanol–water partition coefficient (Wildman–Crippen LogP) is 20.9. The Labute approximate surface area is 694 Å². The molecule has 22 nitrogen and oxygen atoms in total. The van der Waals surface area contributed by atoms with Crippen LogP contribution in [-0.4, -0.2) is 124 Å².